The molecule has 3 amide bonds. The third-order valence-electron chi connectivity index (χ3n) is 4.25. The van der Waals surface area contributed by atoms with Crippen molar-refractivity contribution in [1.29, 1.82) is 0 Å². The van der Waals surface area contributed by atoms with Crippen LogP contribution in [-0.4, -0.2) is 74.1 Å². The molecule has 8 heteroatoms. The molecule has 2 aliphatic heterocycles. The van der Waals surface area contributed by atoms with Crippen LogP contribution in [0.25, 0.3) is 0 Å². The van der Waals surface area contributed by atoms with Gasteiger partial charge in [0.25, 0.3) is 5.91 Å². The molecule has 3 rings (SSSR count). The van der Waals surface area contributed by atoms with Gasteiger partial charge < -0.3 is 0 Å². The van der Waals surface area contributed by atoms with Crippen molar-refractivity contribution in [2.45, 2.75) is 33.7 Å². The quantitative estimate of drug-likeness (QED) is 0.743. The summed E-state index contributed by atoms with van der Waals surface area (Å²) in [5.74, 6) is 0.825. The van der Waals surface area contributed by atoms with E-state index in [1.165, 1.54) is 9.80 Å². The summed E-state index contributed by atoms with van der Waals surface area (Å²) in [6.07, 6.45) is 0. The van der Waals surface area contributed by atoms with Crippen molar-refractivity contribution in [3.8, 4) is 0 Å². The number of likely N-dealkylation sites (N-methyl/N-ethyl adjacent to an activating group) is 3. The Hall–Kier alpha value is -2.51. The molecular formula is C15H21N6O2+. The van der Waals surface area contributed by atoms with Crippen molar-refractivity contribution < 1.29 is 14.2 Å². The molecule has 0 radical (unpaired) electrons. The van der Waals surface area contributed by atoms with Crippen molar-refractivity contribution in [1.82, 2.24) is 19.6 Å². The minimum Gasteiger partial charge on any atom is -0.270 e. The maximum Gasteiger partial charge on any atom is 0.421 e. The maximum absolute atomic E-state index is 12.7. The molecule has 0 N–H and O–H groups in total. The van der Waals surface area contributed by atoms with Crippen molar-refractivity contribution in [3.63, 3.8) is 0 Å². The molecule has 8 nitrogen and oxygen atoms in total. The Morgan fingerprint density at radius 3 is 2.48 bits per heavy atom. The summed E-state index contributed by atoms with van der Waals surface area (Å²) >= 11 is 0. The van der Waals surface area contributed by atoms with Crippen LogP contribution in [0.1, 0.15) is 25.2 Å². The highest BCUT2D eigenvalue weighted by molar-refractivity contribution is 6.22. The third-order valence-corrected chi connectivity index (χ3v) is 4.25. The molecule has 122 valence electrons. The topological polar surface area (TPSA) is 73.8 Å². The maximum atomic E-state index is 12.7. The van der Waals surface area contributed by atoms with E-state index in [9.17, 15) is 9.59 Å². The zero-order valence-electron chi connectivity index (χ0n) is 14.1. The average molecular weight is 317 g/mol. The predicted octanol–water partition coefficient (Wildman–Crippen LogP) is 0.431. The summed E-state index contributed by atoms with van der Waals surface area (Å²) in [6.45, 7) is 8.55. The number of fused-ring (bicyclic) bond motifs is 1. The van der Waals surface area contributed by atoms with Gasteiger partial charge in [0.15, 0.2) is 0 Å². The lowest BCUT2D eigenvalue weighted by Crippen LogP contribution is -2.62. The third kappa shape index (κ3) is 2.08. The van der Waals surface area contributed by atoms with Crippen molar-refractivity contribution in [2.75, 3.05) is 20.1 Å². The van der Waals surface area contributed by atoms with E-state index in [1.54, 1.807) is 18.7 Å². The first-order chi connectivity index (χ1) is 10.9. The van der Waals surface area contributed by atoms with Gasteiger partial charge in [-0.05, 0) is 33.8 Å². The molecular weight excluding hydrogens is 296 g/mol. The Labute approximate surface area is 134 Å². The summed E-state index contributed by atoms with van der Waals surface area (Å²) < 4.78 is 3.62. The van der Waals surface area contributed by atoms with E-state index in [0.29, 0.717) is 24.9 Å². The van der Waals surface area contributed by atoms with Crippen LogP contribution >= 0.6 is 0 Å². The second-order valence-electron chi connectivity index (χ2n) is 5.72. The molecule has 1 unspecified atom stereocenters. The van der Waals surface area contributed by atoms with E-state index in [1.807, 2.05) is 31.4 Å². The van der Waals surface area contributed by atoms with E-state index in [2.05, 4.69) is 10.1 Å². The molecule has 0 bridgehead atoms. The van der Waals surface area contributed by atoms with E-state index < -0.39 is 6.04 Å². The summed E-state index contributed by atoms with van der Waals surface area (Å²) in [5, 5.41) is 4.46. The number of urea groups is 1. The van der Waals surface area contributed by atoms with Crippen LogP contribution in [0, 0.1) is 13.8 Å². The van der Waals surface area contributed by atoms with Gasteiger partial charge in [-0.25, -0.2) is 9.37 Å². The number of amides is 3. The lowest BCUT2D eigenvalue weighted by molar-refractivity contribution is -0.534. The number of aliphatic imine (C=N–C) groups is 1. The molecule has 1 atom stereocenters. The number of nitrogens with zero attached hydrogens (tertiary/aromatic N) is 6. The lowest BCUT2D eigenvalue weighted by Gasteiger charge is -2.33. The Kier molecular flexibility index (Phi) is 3.54. The smallest absolute Gasteiger partial charge is 0.270 e. The number of carbonyl (C=O) groups is 2. The fraction of sp³-hybridized carbons (Fsp3) is 0.533. The first-order valence-corrected chi connectivity index (χ1v) is 7.75. The number of aryl methyl sites for hydroxylation is 2. The van der Waals surface area contributed by atoms with Crippen molar-refractivity contribution >= 4 is 23.7 Å². The fourth-order valence-electron chi connectivity index (χ4n) is 3.12. The molecule has 1 fully saturated rings. The van der Waals surface area contributed by atoms with E-state index >= 15 is 0 Å². The monoisotopic (exact) mass is 317 g/mol. The second kappa shape index (κ2) is 5.29. The van der Waals surface area contributed by atoms with Gasteiger partial charge in [-0.1, -0.05) is 4.99 Å². The number of hydrogen-bond donors (Lipinski definition) is 0. The zero-order valence-corrected chi connectivity index (χ0v) is 14.1. The van der Waals surface area contributed by atoms with E-state index in [4.69, 9.17) is 0 Å². The number of carbonyl (C=O) groups excluding carboxylic acids is 2. The average Bonchev–Trinajstić information content (AvgIpc) is 3.05. The summed E-state index contributed by atoms with van der Waals surface area (Å²) in [7, 11) is 1.65. The van der Waals surface area contributed by atoms with Gasteiger partial charge in [0, 0.05) is 13.6 Å². The van der Waals surface area contributed by atoms with Crippen LogP contribution in [0.2, 0.25) is 0 Å². The van der Waals surface area contributed by atoms with Crippen LogP contribution < -0.4 is 0 Å². The van der Waals surface area contributed by atoms with E-state index in [0.717, 1.165) is 11.4 Å². The van der Waals surface area contributed by atoms with Crippen LogP contribution in [0.4, 0.5) is 4.79 Å². The van der Waals surface area contributed by atoms with Gasteiger partial charge in [0.05, 0.1) is 12.2 Å². The zero-order chi connectivity index (χ0) is 16.9. The molecule has 23 heavy (non-hydrogen) atoms. The molecule has 2 aliphatic rings. The molecule has 0 saturated carbocycles. The van der Waals surface area contributed by atoms with Crippen molar-refractivity contribution in [3.05, 3.63) is 17.5 Å². The molecule has 1 saturated heterocycles. The molecule has 0 aliphatic carbocycles. The van der Waals surface area contributed by atoms with Gasteiger partial charge in [0.1, 0.15) is 5.69 Å². The van der Waals surface area contributed by atoms with Gasteiger partial charge in [-0.15, -0.1) is 9.78 Å². The number of aromatic nitrogens is 2. The second-order valence-corrected chi connectivity index (χ2v) is 5.72. The van der Waals surface area contributed by atoms with Gasteiger partial charge >= 0.3 is 12.0 Å². The summed E-state index contributed by atoms with van der Waals surface area (Å²) in [5.41, 5.74) is 1.82. The number of imide groups is 1. The van der Waals surface area contributed by atoms with E-state index in [-0.39, 0.29) is 11.9 Å². The Morgan fingerprint density at radius 2 is 1.96 bits per heavy atom. The lowest BCUT2D eigenvalue weighted by atomic mass is 10.1. The standard InChI is InChI=1S/C15H21N6O2/c1-6-19-11-12(18(5)15(23)20(7-2)13(11)22)16-14(19)21-10(4)8-9(3)17-21/h8,11H,6-7H2,1-5H3/q+1. The minimum atomic E-state index is -0.568. The van der Waals surface area contributed by atoms with Crippen LogP contribution in [-0.2, 0) is 4.79 Å². The molecule has 1 aromatic rings. The number of hydrogen-bond acceptors (Lipinski definition) is 4. The normalized spacial score (nSPS) is 21.3. The minimum absolute atomic E-state index is 0.229. The highest BCUT2D eigenvalue weighted by atomic mass is 16.2. The molecule has 0 spiro atoms. The Morgan fingerprint density at radius 1 is 1.26 bits per heavy atom. The predicted molar refractivity (Wildman–Crippen MR) is 84.7 cm³/mol. The Balaban J connectivity index is 2.16. The Bertz CT molecular complexity index is 760. The SMILES string of the molecule is CCN1C(=O)C2C(=NC(n3nc(C)cc3C)=[N+]2CC)N(C)C1=O. The van der Waals surface area contributed by atoms with Crippen LogP contribution in [0.15, 0.2) is 11.1 Å². The first kappa shape index (κ1) is 15.4. The summed E-state index contributed by atoms with van der Waals surface area (Å²) in [6, 6.07) is 1.05. The largest absolute Gasteiger partial charge is 0.421 e. The molecule has 0 aromatic carbocycles. The van der Waals surface area contributed by atoms with Crippen molar-refractivity contribution in [2.24, 2.45) is 4.99 Å². The number of rotatable bonds is 2. The number of amidine groups is 1. The van der Waals surface area contributed by atoms with Gasteiger partial charge in [-0.3, -0.25) is 14.6 Å². The van der Waals surface area contributed by atoms with Crippen LogP contribution in [0.3, 0.4) is 0 Å². The van der Waals surface area contributed by atoms with Gasteiger partial charge in [-0.2, -0.15) is 0 Å². The molecule has 3 heterocycles. The summed E-state index contributed by atoms with van der Waals surface area (Å²) in [4.78, 5) is 32.4. The van der Waals surface area contributed by atoms with Gasteiger partial charge in [0.2, 0.25) is 11.9 Å². The fourth-order valence-corrected chi connectivity index (χ4v) is 3.12. The first-order valence-electron chi connectivity index (χ1n) is 7.75. The van der Waals surface area contributed by atoms with Crippen LogP contribution in [0.5, 0.6) is 0 Å². The molecule has 1 aromatic heterocycles. The highest BCUT2D eigenvalue weighted by Gasteiger charge is 2.52. The highest BCUT2D eigenvalue weighted by Crippen LogP contribution is 2.20.